The minimum atomic E-state index is -4.38. The maximum atomic E-state index is 12.5. The molecule has 0 heterocycles. The highest BCUT2D eigenvalue weighted by molar-refractivity contribution is 7.47. The van der Waals surface area contributed by atoms with Crippen molar-refractivity contribution in [2.24, 2.45) is 5.73 Å². The number of allylic oxidation sites excluding steroid dienone is 5. The Morgan fingerprint density at radius 3 is 1.59 bits per heavy atom. The van der Waals surface area contributed by atoms with Crippen molar-refractivity contribution in [3.8, 4) is 0 Å². The summed E-state index contributed by atoms with van der Waals surface area (Å²) in [6.45, 7) is 5.21. The first kappa shape index (κ1) is 49.2. The molecule has 0 saturated heterocycles. The standard InChI is InChI=1S/C41H76NO8P/c1-3-5-7-9-11-13-15-17-19-21-23-25-27-29-31-33-40(43)47-37-39(38-49-51(45,46)48-36-35-42)50-41(44)34-32-30-28-26-24-22-20-18-16-14-12-10-8-6-4-2/h4,13,15,17,19,39H,2-3,5-12,14,16,18,20-38,42H2,1H3,(H,45,46)/b15-13+,19-17+/t39-/m1/s1. The number of phosphoric ester groups is 1. The molecule has 0 amide bonds. The Hall–Kier alpha value is -1.77. The average Bonchev–Trinajstić information content (AvgIpc) is 3.11. The van der Waals surface area contributed by atoms with Gasteiger partial charge in [0, 0.05) is 19.4 Å². The van der Waals surface area contributed by atoms with Crippen LogP contribution in [0.2, 0.25) is 0 Å². The summed E-state index contributed by atoms with van der Waals surface area (Å²) in [4.78, 5) is 34.8. The topological polar surface area (TPSA) is 134 Å². The van der Waals surface area contributed by atoms with Gasteiger partial charge in [0.1, 0.15) is 6.61 Å². The molecule has 0 saturated carbocycles. The van der Waals surface area contributed by atoms with Gasteiger partial charge >= 0.3 is 19.8 Å². The van der Waals surface area contributed by atoms with Crippen LogP contribution in [0.1, 0.15) is 180 Å². The predicted molar refractivity (Wildman–Crippen MR) is 210 cm³/mol. The lowest BCUT2D eigenvalue weighted by molar-refractivity contribution is -0.161. The number of hydrogen-bond acceptors (Lipinski definition) is 8. The van der Waals surface area contributed by atoms with Crippen molar-refractivity contribution in [1.29, 1.82) is 0 Å². The molecule has 0 aromatic rings. The van der Waals surface area contributed by atoms with Crippen LogP contribution < -0.4 is 5.73 Å². The van der Waals surface area contributed by atoms with Crippen molar-refractivity contribution in [2.75, 3.05) is 26.4 Å². The molecule has 1 unspecified atom stereocenters. The first-order chi connectivity index (χ1) is 24.8. The number of unbranched alkanes of at least 4 members (excludes halogenated alkanes) is 22. The van der Waals surface area contributed by atoms with Gasteiger partial charge in [-0.3, -0.25) is 18.6 Å². The third kappa shape index (κ3) is 37.8. The fourth-order valence-corrected chi connectivity index (χ4v) is 6.37. The molecule has 0 fully saturated rings. The molecule has 10 heteroatoms. The van der Waals surface area contributed by atoms with E-state index in [1.165, 1.54) is 83.5 Å². The van der Waals surface area contributed by atoms with E-state index >= 15 is 0 Å². The molecule has 0 aromatic carbocycles. The minimum absolute atomic E-state index is 0.0504. The lowest BCUT2D eigenvalue weighted by Crippen LogP contribution is -2.29. The fourth-order valence-electron chi connectivity index (χ4n) is 5.60. The van der Waals surface area contributed by atoms with Crippen LogP contribution in [0.15, 0.2) is 37.0 Å². The van der Waals surface area contributed by atoms with Gasteiger partial charge in [0.2, 0.25) is 0 Å². The maximum Gasteiger partial charge on any atom is 0.472 e. The quantitative estimate of drug-likeness (QED) is 0.0207. The van der Waals surface area contributed by atoms with Crippen LogP contribution in [0.3, 0.4) is 0 Å². The Labute approximate surface area is 312 Å². The van der Waals surface area contributed by atoms with Crippen LogP contribution >= 0.6 is 7.82 Å². The van der Waals surface area contributed by atoms with Crippen LogP contribution in [-0.4, -0.2) is 49.3 Å². The monoisotopic (exact) mass is 742 g/mol. The molecule has 0 rings (SSSR count). The summed E-state index contributed by atoms with van der Waals surface area (Å²) >= 11 is 0. The Bertz CT molecular complexity index is 925. The van der Waals surface area contributed by atoms with Gasteiger partial charge in [-0.15, -0.1) is 6.58 Å². The van der Waals surface area contributed by atoms with Crippen molar-refractivity contribution >= 4 is 19.8 Å². The average molecular weight is 742 g/mol. The van der Waals surface area contributed by atoms with Gasteiger partial charge in [0.05, 0.1) is 13.2 Å². The minimum Gasteiger partial charge on any atom is -0.462 e. The van der Waals surface area contributed by atoms with E-state index in [0.717, 1.165) is 64.2 Å². The van der Waals surface area contributed by atoms with E-state index in [4.69, 9.17) is 24.3 Å². The van der Waals surface area contributed by atoms with Crippen molar-refractivity contribution in [3.63, 3.8) is 0 Å². The number of phosphoric acid groups is 1. The molecule has 3 N–H and O–H groups in total. The maximum absolute atomic E-state index is 12.5. The molecule has 2 atom stereocenters. The SMILES string of the molecule is C=CCCCCCCCCCCCCCCCC(=O)O[C@H](COC(=O)CCCCCCC/C=C/C=C/CCCCCC)COP(=O)(O)OCCN. The van der Waals surface area contributed by atoms with Gasteiger partial charge in [-0.1, -0.05) is 146 Å². The van der Waals surface area contributed by atoms with Crippen molar-refractivity contribution in [1.82, 2.24) is 0 Å². The summed E-state index contributed by atoms with van der Waals surface area (Å²) in [7, 11) is -4.38. The molecular formula is C41H76NO8P. The highest BCUT2D eigenvalue weighted by Crippen LogP contribution is 2.43. The molecule has 0 radical (unpaired) electrons. The van der Waals surface area contributed by atoms with E-state index in [-0.39, 0.29) is 32.6 Å². The molecule has 0 bridgehead atoms. The summed E-state index contributed by atoms with van der Waals surface area (Å²) in [6, 6.07) is 0. The Morgan fingerprint density at radius 2 is 1.10 bits per heavy atom. The molecule has 0 aromatic heterocycles. The predicted octanol–water partition coefficient (Wildman–Crippen LogP) is 11.4. The molecule has 298 valence electrons. The van der Waals surface area contributed by atoms with Gasteiger partial charge in [-0.05, 0) is 51.4 Å². The zero-order chi connectivity index (χ0) is 37.5. The number of nitrogens with two attached hydrogens (primary N) is 1. The third-order valence-electron chi connectivity index (χ3n) is 8.67. The van der Waals surface area contributed by atoms with E-state index in [9.17, 15) is 19.0 Å². The smallest absolute Gasteiger partial charge is 0.462 e. The van der Waals surface area contributed by atoms with Crippen LogP contribution in [0.4, 0.5) is 0 Å². The Morgan fingerprint density at radius 1 is 0.647 bits per heavy atom. The number of ether oxygens (including phenoxy) is 2. The number of rotatable bonds is 39. The lowest BCUT2D eigenvalue weighted by Gasteiger charge is -2.19. The first-order valence-corrected chi connectivity index (χ1v) is 21.9. The number of esters is 2. The second-order valence-electron chi connectivity index (χ2n) is 13.6. The van der Waals surface area contributed by atoms with E-state index in [2.05, 4.69) is 37.8 Å². The zero-order valence-electron chi connectivity index (χ0n) is 32.4. The second-order valence-corrected chi connectivity index (χ2v) is 15.1. The highest BCUT2D eigenvalue weighted by Gasteiger charge is 2.26. The van der Waals surface area contributed by atoms with E-state index in [1.807, 2.05) is 6.08 Å². The molecule has 0 aliphatic heterocycles. The Balaban J connectivity index is 4.19. The molecule has 9 nitrogen and oxygen atoms in total. The molecular weight excluding hydrogens is 665 g/mol. The van der Waals surface area contributed by atoms with Gasteiger partial charge in [0.25, 0.3) is 0 Å². The number of carbonyl (C=O) groups excluding carboxylic acids is 2. The van der Waals surface area contributed by atoms with Crippen molar-refractivity contribution in [3.05, 3.63) is 37.0 Å². The summed E-state index contributed by atoms with van der Waals surface area (Å²) in [5, 5.41) is 0. The molecule has 0 aliphatic carbocycles. The van der Waals surface area contributed by atoms with E-state index in [1.54, 1.807) is 0 Å². The second kappa shape index (κ2) is 38.0. The molecule has 0 aliphatic rings. The summed E-state index contributed by atoms with van der Waals surface area (Å²) < 4.78 is 32.7. The first-order valence-electron chi connectivity index (χ1n) is 20.4. The number of hydrogen-bond donors (Lipinski definition) is 2. The molecule has 51 heavy (non-hydrogen) atoms. The van der Waals surface area contributed by atoms with Crippen LogP contribution in [0.25, 0.3) is 0 Å². The van der Waals surface area contributed by atoms with Gasteiger partial charge in [-0.2, -0.15) is 0 Å². The largest absolute Gasteiger partial charge is 0.472 e. The van der Waals surface area contributed by atoms with Crippen LogP contribution in [-0.2, 0) is 32.7 Å². The van der Waals surface area contributed by atoms with Crippen LogP contribution in [0, 0.1) is 0 Å². The van der Waals surface area contributed by atoms with Crippen molar-refractivity contribution in [2.45, 2.75) is 186 Å². The lowest BCUT2D eigenvalue weighted by atomic mass is 10.0. The highest BCUT2D eigenvalue weighted by atomic mass is 31.2. The Kier molecular flexibility index (Phi) is 36.7. The van der Waals surface area contributed by atoms with Crippen molar-refractivity contribution < 1.29 is 37.6 Å². The number of carbonyl (C=O) groups is 2. The van der Waals surface area contributed by atoms with Gasteiger partial charge in [0.15, 0.2) is 6.10 Å². The van der Waals surface area contributed by atoms with Gasteiger partial charge in [-0.25, -0.2) is 4.57 Å². The summed E-state index contributed by atoms with van der Waals surface area (Å²) in [5.41, 5.74) is 5.34. The molecule has 0 spiro atoms. The normalized spacial score (nSPS) is 13.5. The van der Waals surface area contributed by atoms with E-state index in [0.29, 0.717) is 12.8 Å². The van der Waals surface area contributed by atoms with Gasteiger partial charge < -0.3 is 20.1 Å². The van der Waals surface area contributed by atoms with E-state index < -0.39 is 32.5 Å². The fraction of sp³-hybridized carbons (Fsp3) is 0.805. The summed E-state index contributed by atoms with van der Waals surface area (Å²) in [6.07, 6.45) is 39.2. The zero-order valence-corrected chi connectivity index (χ0v) is 33.3. The third-order valence-corrected chi connectivity index (χ3v) is 9.66. The van der Waals surface area contributed by atoms with Crippen LogP contribution in [0.5, 0.6) is 0 Å². The summed E-state index contributed by atoms with van der Waals surface area (Å²) in [5.74, 6) is -0.848.